The van der Waals surface area contributed by atoms with Crippen molar-refractivity contribution in [2.45, 2.75) is 96.5 Å². The topological polar surface area (TPSA) is 80.7 Å². The van der Waals surface area contributed by atoms with Gasteiger partial charge in [0.25, 0.3) is 0 Å². The molecule has 5 heteroatoms. The molecule has 2 bridgehead atoms. The first-order valence-electron chi connectivity index (χ1n) is 11.3. The third-order valence-electron chi connectivity index (χ3n) is 6.77. The molecule has 0 amide bonds. The third kappa shape index (κ3) is 6.40. The van der Waals surface area contributed by atoms with Gasteiger partial charge in [-0.15, -0.1) is 0 Å². The van der Waals surface area contributed by atoms with Gasteiger partial charge < -0.3 is 9.84 Å². The molecule has 0 aromatic carbocycles. The van der Waals surface area contributed by atoms with Gasteiger partial charge in [0.1, 0.15) is 11.6 Å². The Hall–Kier alpha value is -1.23. The highest BCUT2D eigenvalue weighted by atomic mass is 16.5. The van der Waals surface area contributed by atoms with E-state index in [1.807, 2.05) is 0 Å². The lowest BCUT2D eigenvalue weighted by Gasteiger charge is -2.29. The normalized spacial score (nSPS) is 27.0. The lowest BCUT2D eigenvalue weighted by Crippen LogP contribution is -2.36. The van der Waals surface area contributed by atoms with Gasteiger partial charge in [0.15, 0.2) is 0 Å². The average molecular weight is 395 g/mol. The standard InChI is InChI=1S/C23H38O5/c1-3-4-6-9-18(24)15-20(26)23-17-13-12-16(14-17)22(23)19(25)10-7-5-8-11-21(27)28-2/h16-18,22-24H,3-15H2,1-2H3/t16?,17?,18?,22-,23-/m1/s1. The van der Waals surface area contributed by atoms with Gasteiger partial charge in [-0.25, -0.2) is 0 Å². The Bertz CT molecular complexity index is 529. The predicted octanol–water partition coefficient (Wildman–Crippen LogP) is 4.24. The zero-order chi connectivity index (χ0) is 20.5. The van der Waals surface area contributed by atoms with E-state index in [4.69, 9.17) is 0 Å². The van der Waals surface area contributed by atoms with Gasteiger partial charge in [-0.1, -0.05) is 32.6 Å². The number of ketones is 2. The van der Waals surface area contributed by atoms with Crippen molar-refractivity contribution in [3.63, 3.8) is 0 Å². The second-order valence-corrected chi connectivity index (χ2v) is 8.81. The Kier molecular flexibility index (Phi) is 9.63. The van der Waals surface area contributed by atoms with E-state index in [0.29, 0.717) is 31.1 Å². The molecule has 2 fully saturated rings. The molecule has 5 nitrogen and oxygen atoms in total. The number of esters is 1. The quantitative estimate of drug-likeness (QED) is 0.352. The van der Waals surface area contributed by atoms with E-state index in [1.165, 1.54) is 7.11 Å². The smallest absolute Gasteiger partial charge is 0.305 e. The number of carbonyl (C=O) groups is 3. The highest BCUT2D eigenvalue weighted by Gasteiger charge is 2.52. The van der Waals surface area contributed by atoms with Crippen molar-refractivity contribution in [1.29, 1.82) is 0 Å². The van der Waals surface area contributed by atoms with Crippen molar-refractivity contribution >= 4 is 17.5 Å². The summed E-state index contributed by atoms with van der Waals surface area (Å²) in [4.78, 5) is 37.0. The van der Waals surface area contributed by atoms with Gasteiger partial charge in [0, 0.05) is 31.1 Å². The molecular weight excluding hydrogens is 356 g/mol. The maximum atomic E-state index is 12.9. The first kappa shape index (κ1) is 23.1. The molecule has 0 spiro atoms. The number of carbonyl (C=O) groups excluding carboxylic acids is 3. The van der Waals surface area contributed by atoms with E-state index in [9.17, 15) is 19.5 Å². The third-order valence-corrected chi connectivity index (χ3v) is 6.77. The van der Waals surface area contributed by atoms with Crippen LogP contribution in [0.2, 0.25) is 0 Å². The molecule has 0 aromatic heterocycles. The summed E-state index contributed by atoms with van der Waals surface area (Å²) in [6, 6.07) is 0. The minimum absolute atomic E-state index is 0.111. The monoisotopic (exact) mass is 394 g/mol. The molecule has 160 valence electrons. The summed E-state index contributed by atoms with van der Waals surface area (Å²) in [6.07, 6.45) is 9.81. The fraction of sp³-hybridized carbons (Fsp3) is 0.870. The molecule has 0 saturated heterocycles. The van der Waals surface area contributed by atoms with E-state index >= 15 is 0 Å². The van der Waals surface area contributed by atoms with Crippen LogP contribution in [0.15, 0.2) is 0 Å². The number of aliphatic hydroxyl groups is 1. The van der Waals surface area contributed by atoms with Crippen LogP contribution in [-0.2, 0) is 19.1 Å². The summed E-state index contributed by atoms with van der Waals surface area (Å²) in [5, 5.41) is 10.2. The van der Waals surface area contributed by atoms with Gasteiger partial charge in [0.2, 0.25) is 0 Å². The van der Waals surface area contributed by atoms with Crippen molar-refractivity contribution < 1.29 is 24.2 Å². The number of aliphatic hydroxyl groups excluding tert-OH is 1. The average Bonchev–Trinajstić information content (AvgIpc) is 3.29. The van der Waals surface area contributed by atoms with Crippen molar-refractivity contribution in [1.82, 2.24) is 0 Å². The molecule has 0 aromatic rings. The zero-order valence-corrected chi connectivity index (χ0v) is 17.7. The summed E-state index contributed by atoms with van der Waals surface area (Å²) in [6.45, 7) is 2.12. The minimum Gasteiger partial charge on any atom is -0.469 e. The van der Waals surface area contributed by atoms with Crippen LogP contribution in [0, 0.1) is 23.7 Å². The molecule has 2 rings (SSSR count). The fourth-order valence-corrected chi connectivity index (χ4v) is 5.33. The summed E-state index contributed by atoms with van der Waals surface area (Å²) < 4.78 is 4.63. The van der Waals surface area contributed by atoms with Crippen molar-refractivity contribution in [3.8, 4) is 0 Å². The summed E-state index contributed by atoms with van der Waals surface area (Å²) in [5.41, 5.74) is 0. The lowest BCUT2D eigenvalue weighted by atomic mass is 9.73. The largest absolute Gasteiger partial charge is 0.469 e. The van der Waals surface area contributed by atoms with Crippen LogP contribution in [0.3, 0.4) is 0 Å². The molecule has 2 saturated carbocycles. The van der Waals surface area contributed by atoms with Gasteiger partial charge in [0.05, 0.1) is 13.2 Å². The van der Waals surface area contributed by atoms with E-state index < -0.39 is 6.10 Å². The molecule has 2 aliphatic carbocycles. The van der Waals surface area contributed by atoms with Crippen LogP contribution >= 0.6 is 0 Å². The number of unbranched alkanes of at least 4 members (excludes halogenated alkanes) is 4. The van der Waals surface area contributed by atoms with E-state index in [0.717, 1.165) is 57.8 Å². The summed E-state index contributed by atoms with van der Waals surface area (Å²) in [7, 11) is 1.39. The van der Waals surface area contributed by atoms with Crippen LogP contribution in [-0.4, -0.2) is 35.9 Å². The Labute approximate surface area is 169 Å². The molecular formula is C23H38O5. The molecule has 2 aliphatic rings. The lowest BCUT2D eigenvalue weighted by molar-refractivity contribution is -0.140. The predicted molar refractivity (Wildman–Crippen MR) is 108 cm³/mol. The van der Waals surface area contributed by atoms with Gasteiger partial charge in [-0.05, 0) is 50.4 Å². The van der Waals surface area contributed by atoms with Gasteiger partial charge >= 0.3 is 5.97 Å². The maximum absolute atomic E-state index is 12.9. The van der Waals surface area contributed by atoms with Crippen LogP contribution in [0.1, 0.15) is 90.4 Å². The first-order valence-corrected chi connectivity index (χ1v) is 11.3. The van der Waals surface area contributed by atoms with E-state index in [2.05, 4.69) is 11.7 Å². The molecule has 28 heavy (non-hydrogen) atoms. The number of hydrogen-bond donors (Lipinski definition) is 1. The second kappa shape index (κ2) is 11.7. The van der Waals surface area contributed by atoms with Crippen LogP contribution < -0.4 is 0 Å². The fourth-order valence-electron chi connectivity index (χ4n) is 5.33. The minimum atomic E-state index is -0.563. The number of ether oxygens (including phenoxy) is 1. The van der Waals surface area contributed by atoms with E-state index in [-0.39, 0.29) is 35.8 Å². The van der Waals surface area contributed by atoms with Crippen molar-refractivity contribution in [2.75, 3.05) is 7.11 Å². The summed E-state index contributed by atoms with van der Waals surface area (Å²) >= 11 is 0. The highest BCUT2D eigenvalue weighted by molar-refractivity contribution is 5.91. The summed E-state index contributed by atoms with van der Waals surface area (Å²) in [5.74, 6) is 0.538. The Morgan fingerprint density at radius 1 is 0.929 bits per heavy atom. The SMILES string of the molecule is CCCCCC(O)CC(=O)[C@H]1C2CCC(C2)[C@@H]1C(=O)CCCCCC(=O)OC. The van der Waals surface area contributed by atoms with Crippen LogP contribution in [0.5, 0.6) is 0 Å². The first-order chi connectivity index (χ1) is 13.5. The number of rotatable bonds is 14. The number of hydrogen-bond acceptors (Lipinski definition) is 5. The Balaban J connectivity index is 1.81. The molecule has 0 aliphatic heterocycles. The van der Waals surface area contributed by atoms with Crippen molar-refractivity contribution in [3.05, 3.63) is 0 Å². The van der Waals surface area contributed by atoms with Crippen LogP contribution in [0.4, 0.5) is 0 Å². The molecule has 1 N–H and O–H groups in total. The maximum Gasteiger partial charge on any atom is 0.305 e. The highest BCUT2D eigenvalue weighted by Crippen LogP contribution is 2.53. The zero-order valence-electron chi connectivity index (χ0n) is 17.7. The Morgan fingerprint density at radius 2 is 1.57 bits per heavy atom. The Morgan fingerprint density at radius 3 is 2.21 bits per heavy atom. The molecule has 0 heterocycles. The van der Waals surface area contributed by atoms with Gasteiger partial charge in [-0.2, -0.15) is 0 Å². The second-order valence-electron chi connectivity index (χ2n) is 8.81. The van der Waals surface area contributed by atoms with E-state index in [1.54, 1.807) is 0 Å². The number of Topliss-reactive ketones (excluding diaryl/α,β-unsaturated/α-hetero) is 2. The number of fused-ring (bicyclic) bond motifs is 2. The molecule has 0 radical (unpaired) electrons. The van der Waals surface area contributed by atoms with Gasteiger partial charge in [-0.3, -0.25) is 14.4 Å². The van der Waals surface area contributed by atoms with Crippen molar-refractivity contribution in [2.24, 2.45) is 23.7 Å². The molecule has 5 atom stereocenters. The number of methoxy groups -OCH3 is 1. The molecule has 3 unspecified atom stereocenters. The van der Waals surface area contributed by atoms with Crippen LogP contribution in [0.25, 0.3) is 0 Å².